The molecule has 0 saturated carbocycles. The lowest BCUT2D eigenvalue weighted by Crippen LogP contribution is -2.50. The fourth-order valence-corrected chi connectivity index (χ4v) is 2.41. The van der Waals surface area contributed by atoms with Crippen LogP contribution in [0.3, 0.4) is 0 Å². The molecule has 1 saturated heterocycles. The summed E-state index contributed by atoms with van der Waals surface area (Å²) in [6, 6.07) is 7.90. The molecule has 0 radical (unpaired) electrons. The Labute approximate surface area is 137 Å². The summed E-state index contributed by atoms with van der Waals surface area (Å²) in [4.78, 5) is 26.2. The van der Waals surface area contributed by atoms with Gasteiger partial charge < -0.3 is 19.3 Å². The molecule has 0 aromatic heterocycles. The fraction of sp³-hybridized carbons (Fsp3) is 0.529. The molecule has 0 aliphatic carbocycles. The van der Waals surface area contributed by atoms with Crippen LogP contribution in [0.4, 0.5) is 10.5 Å². The van der Waals surface area contributed by atoms with E-state index in [2.05, 4.69) is 4.90 Å². The van der Waals surface area contributed by atoms with E-state index in [-0.39, 0.29) is 12.7 Å². The molecular weight excluding hydrogens is 296 g/mol. The zero-order valence-electron chi connectivity index (χ0n) is 13.9. The lowest BCUT2D eigenvalue weighted by molar-refractivity contribution is -0.129. The van der Waals surface area contributed by atoms with E-state index in [1.54, 1.807) is 4.90 Å². The van der Waals surface area contributed by atoms with Crippen LogP contribution in [-0.2, 0) is 20.9 Å². The molecule has 0 bridgehead atoms. The zero-order chi connectivity index (χ0) is 16.9. The summed E-state index contributed by atoms with van der Waals surface area (Å²) in [5, 5.41) is 0. The molecule has 0 unspecified atom stereocenters. The van der Waals surface area contributed by atoms with Gasteiger partial charge in [0.1, 0.15) is 12.2 Å². The molecule has 126 valence electrons. The van der Waals surface area contributed by atoms with E-state index in [0.717, 1.165) is 24.3 Å². The highest BCUT2D eigenvalue weighted by Crippen LogP contribution is 2.19. The molecule has 0 N–H and O–H groups in total. The van der Waals surface area contributed by atoms with Gasteiger partial charge in [-0.25, -0.2) is 4.79 Å². The molecule has 1 aromatic carbocycles. The van der Waals surface area contributed by atoms with Gasteiger partial charge in [-0.1, -0.05) is 12.1 Å². The average molecular weight is 320 g/mol. The first-order chi connectivity index (χ1) is 10.9. The highest BCUT2D eigenvalue weighted by molar-refractivity contribution is 5.68. The van der Waals surface area contributed by atoms with E-state index in [9.17, 15) is 9.59 Å². The Morgan fingerprint density at radius 3 is 2.26 bits per heavy atom. The van der Waals surface area contributed by atoms with Crippen LogP contribution in [0, 0.1) is 0 Å². The summed E-state index contributed by atoms with van der Waals surface area (Å²) in [5.41, 5.74) is 1.59. The van der Waals surface area contributed by atoms with Crippen molar-refractivity contribution in [3.05, 3.63) is 29.8 Å². The van der Waals surface area contributed by atoms with Crippen molar-refractivity contribution in [2.24, 2.45) is 0 Å². The molecule has 6 nitrogen and oxygen atoms in total. The number of rotatable bonds is 4. The van der Waals surface area contributed by atoms with Gasteiger partial charge in [0.2, 0.25) is 0 Å². The van der Waals surface area contributed by atoms with Crippen LogP contribution in [-0.4, -0.2) is 49.2 Å². The lowest BCUT2D eigenvalue weighted by atomic mass is 10.2. The molecule has 1 fully saturated rings. The van der Waals surface area contributed by atoms with Gasteiger partial charge in [-0.05, 0) is 38.5 Å². The third kappa shape index (κ3) is 5.16. The predicted molar refractivity (Wildman–Crippen MR) is 87.3 cm³/mol. The van der Waals surface area contributed by atoms with E-state index >= 15 is 0 Å². The van der Waals surface area contributed by atoms with E-state index < -0.39 is 5.60 Å². The van der Waals surface area contributed by atoms with Gasteiger partial charge in [0.05, 0.1) is 0 Å². The van der Waals surface area contributed by atoms with Crippen molar-refractivity contribution in [3.63, 3.8) is 0 Å². The first-order valence-electron chi connectivity index (χ1n) is 7.76. The molecule has 0 spiro atoms. The Morgan fingerprint density at radius 1 is 1.13 bits per heavy atom. The Kier molecular flexibility index (Phi) is 5.47. The lowest BCUT2D eigenvalue weighted by Gasteiger charge is -2.36. The Balaban J connectivity index is 1.86. The number of benzene rings is 1. The number of hydrogen-bond donors (Lipinski definition) is 0. The van der Waals surface area contributed by atoms with Crippen molar-refractivity contribution < 1.29 is 19.1 Å². The van der Waals surface area contributed by atoms with E-state index in [0.29, 0.717) is 19.6 Å². The SMILES string of the molecule is CC(C)(C)OC(=O)N1CCN(c2ccc(COC=O)cc2)CC1. The Bertz CT molecular complexity index is 529. The van der Waals surface area contributed by atoms with Crippen molar-refractivity contribution in [1.82, 2.24) is 4.90 Å². The summed E-state index contributed by atoms with van der Waals surface area (Å²) in [6.07, 6.45) is -0.251. The van der Waals surface area contributed by atoms with Crippen LogP contribution < -0.4 is 4.90 Å². The summed E-state index contributed by atoms with van der Waals surface area (Å²) in [7, 11) is 0. The zero-order valence-corrected chi connectivity index (χ0v) is 13.9. The highest BCUT2D eigenvalue weighted by atomic mass is 16.6. The first-order valence-corrected chi connectivity index (χ1v) is 7.76. The number of hydrogen-bond acceptors (Lipinski definition) is 5. The predicted octanol–water partition coefficient (Wildman–Crippen LogP) is 2.42. The number of nitrogens with zero attached hydrogens (tertiary/aromatic N) is 2. The standard InChI is InChI=1S/C17H24N2O4/c1-17(2,3)23-16(21)19-10-8-18(9-11-19)15-6-4-14(5-7-15)12-22-13-20/h4-7,13H,8-12H2,1-3H3. The largest absolute Gasteiger partial charge is 0.463 e. The topological polar surface area (TPSA) is 59.1 Å². The van der Waals surface area contributed by atoms with Crippen molar-refractivity contribution in [2.75, 3.05) is 31.1 Å². The normalized spacial score (nSPS) is 15.3. The molecule has 1 aliphatic heterocycles. The van der Waals surface area contributed by atoms with Gasteiger partial charge >= 0.3 is 6.09 Å². The van der Waals surface area contributed by atoms with Crippen LogP contribution >= 0.6 is 0 Å². The minimum absolute atomic E-state index is 0.251. The summed E-state index contributed by atoms with van der Waals surface area (Å²) < 4.78 is 10.1. The minimum atomic E-state index is -0.465. The third-order valence-corrected chi connectivity index (χ3v) is 3.55. The first kappa shape index (κ1) is 17.1. The van der Waals surface area contributed by atoms with Gasteiger partial charge in [0.15, 0.2) is 0 Å². The maximum atomic E-state index is 12.0. The molecule has 2 rings (SSSR count). The molecule has 0 atom stereocenters. The van der Waals surface area contributed by atoms with E-state index in [1.165, 1.54) is 0 Å². The van der Waals surface area contributed by atoms with Gasteiger partial charge in [-0.2, -0.15) is 0 Å². The Morgan fingerprint density at radius 2 is 1.74 bits per heavy atom. The minimum Gasteiger partial charge on any atom is -0.463 e. The quantitative estimate of drug-likeness (QED) is 0.797. The van der Waals surface area contributed by atoms with Crippen LogP contribution in [0.15, 0.2) is 24.3 Å². The molecule has 1 heterocycles. The smallest absolute Gasteiger partial charge is 0.410 e. The number of ether oxygens (including phenoxy) is 2. The van der Waals surface area contributed by atoms with E-state index in [1.807, 2.05) is 45.0 Å². The van der Waals surface area contributed by atoms with Gasteiger partial charge in [0.25, 0.3) is 6.47 Å². The molecule has 6 heteroatoms. The van der Waals surface area contributed by atoms with Crippen LogP contribution in [0.2, 0.25) is 0 Å². The monoisotopic (exact) mass is 320 g/mol. The third-order valence-electron chi connectivity index (χ3n) is 3.55. The van der Waals surface area contributed by atoms with Crippen LogP contribution in [0.5, 0.6) is 0 Å². The second kappa shape index (κ2) is 7.35. The average Bonchev–Trinajstić information content (AvgIpc) is 2.52. The van der Waals surface area contributed by atoms with Gasteiger partial charge in [-0.15, -0.1) is 0 Å². The van der Waals surface area contributed by atoms with Crippen molar-refractivity contribution in [1.29, 1.82) is 0 Å². The van der Waals surface area contributed by atoms with Crippen molar-refractivity contribution in [3.8, 4) is 0 Å². The number of carbonyl (C=O) groups is 2. The molecular formula is C17H24N2O4. The maximum absolute atomic E-state index is 12.0. The van der Waals surface area contributed by atoms with Gasteiger partial charge in [-0.3, -0.25) is 4.79 Å². The highest BCUT2D eigenvalue weighted by Gasteiger charge is 2.25. The second-order valence-corrected chi connectivity index (χ2v) is 6.53. The second-order valence-electron chi connectivity index (χ2n) is 6.53. The number of piperazine rings is 1. The Hall–Kier alpha value is -2.24. The van der Waals surface area contributed by atoms with Crippen LogP contribution in [0.1, 0.15) is 26.3 Å². The van der Waals surface area contributed by atoms with Gasteiger partial charge in [0, 0.05) is 31.9 Å². The van der Waals surface area contributed by atoms with Crippen molar-refractivity contribution in [2.45, 2.75) is 33.0 Å². The van der Waals surface area contributed by atoms with Crippen LogP contribution in [0.25, 0.3) is 0 Å². The van der Waals surface area contributed by atoms with Crippen molar-refractivity contribution >= 4 is 18.3 Å². The fourth-order valence-electron chi connectivity index (χ4n) is 2.41. The molecule has 1 amide bonds. The number of amides is 1. The summed E-state index contributed by atoms with van der Waals surface area (Å²) >= 11 is 0. The van der Waals surface area contributed by atoms with E-state index in [4.69, 9.17) is 9.47 Å². The summed E-state index contributed by atoms with van der Waals surface area (Å²) in [6.45, 7) is 9.17. The summed E-state index contributed by atoms with van der Waals surface area (Å²) in [5.74, 6) is 0. The molecule has 23 heavy (non-hydrogen) atoms. The number of carbonyl (C=O) groups excluding carboxylic acids is 2. The maximum Gasteiger partial charge on any atom is 0.410 e. The number of anilines is 1. The molecule has 1 aromatic rings. The molecule has 1 aliphatic rings.